The highest BCUT2D eigenvalue weighted by Crippen LogP contribution is 2.29. The van der Waals surface area contributed by atoms with Crippen LogP contribution in [0, 0.1) is 12.7 Å². The fraction of sp³-hybridized carbons (Fsp3) is 0.154. The van der Waals surface area contributed by atoms with Gasteiger partial charge in [-0.15, -0.1) is 11.6 Å². The van der Waals surface area contributed by atoms with Crippen molar-refractivity contribution in [1.82, 2.24) is 4.98 Å². The second-order valence-electron chi connectivity index (χ2n) is 3.76. The summed E-state index contributed by atoms with van der Waals surface area (Å²) >= 11 is 9.12. The standard InChI is InChI=1S/C13H10BrClFNO/c1-8-4-10(14)2-3-12(8)18-13-9(6-15)5-11(16)7-17-13/h2-5,7H,6H2,1H3. The maximum absolute atomic E-state index is 13.0. The molecule has 0 saturated heterocycles. The summed E-state index contributed by atoms with van der Waals surface area (Å²) in [5, 5.41) is 0. The summed E-state index contributed by atoms with van der Waals surface area (Å²) in [6, 6.07) is 6.94. The molecule has 2 rings (SSSR count). The van der Waals surface area contributed by atoms with Crippen LogP contribution in [0.25, 0.3) is 0 Å². The molecule has 0 fully saturated rings. The summed E-state index contributed by atoms with van der Waals surface area (Å²) in [6.07, 6.45) is 1.11. The van der Waals surface area contributed by atoms with Crippen LogP contribution in [0.1, 0.15) is 11.1 Å². The first-order valence-electron chi connectivity index (χ1n) is 5.24. The van der Waals surface area contributed by atoms with Crippen molar-refractivity contribution >= 4 is 27.5 Å². The normalized spacial score (nSPS) is 10.4. The van der Waals surface area contributed by atoms with Crippen LogP contribution in [0.5, 0.6) is 11.6 Å². The molecule has 0 aliphatic rings. The molecule has 94 valence electrons. The largest absolute Gasteiger partial charge is 0.438 e. The van der Waals surface area contributed by atoms with Crippen molar-refractivity contribution < 1.29 is 9.13 Å². The third kappa shape index (κ3) is 3.00. The zero-order chi connectivity index (χ0) is 13.1. The van der Waals surface area contributed by atoms with Crippen molar-refractivity contribution in [3.63, 3.8) is 0 Å². The molecule has 0 atom stereocenters. The Hall–Kier alpha value is -1.13. The topological polar surface area (TPSA) is 22.1 Å². The minimum absolute atomic E-state index is 0.148. The molecule has 5 heteroatoms. The van der Waals surface area contributed by atoms with E-state index < -0.39 is 5.82 Å². The van der Waals surface area contributed by atoms with E-state index in [-0.39, 0.29) is 5.88 Å². The Kier molecular flexibility index (Phi) is 4.19. The van der Waals surface area contributed by atoms with Gasteiger partial charge in [-0.2, -0.15) is 0 Å². The minimum Gasteiger partial charge on any atom is -0.438 e. The molecular weight excluding hydrogens is 321 g/mol. The van der Waals surface area contributed by atoms with Gasteiger partial charge >= 0.3 is 0 Å². The predicted octanol–water partition coefficient (Wildman–Crippen LogP) is 4.82. The van der Waals surface area contributed by atoms with Crippen LogP contribution >= 0.6 is 27.5 Å². The molecule has 1 aromatic carbocycles. The van der Waals surface area contributed by atoms with Crippen molar-refractivity contribution in [2.75, 3.05) is 0 Å². The second kappa shape index (κ2) is 5.67. The average Bonchev–Trinajstić information content (AvgIpc) is 2.34. The number of hydrogen-bond donors (Lipinski definition) is 0. The highest BCUT2D eigenvalue weighted by atomic mass is 79.9. The first-order chi connectivity index (χ1) is 8.60. The van der Waals surface area contributed by atoms with E-state index in [0.717, 1.165) is 16.2 Å². The Balaban J connectivity index is 2.33. The summed E-state index contributed by atoms with van der Waals surface area (Å²) in [5.41, 5.74) is 1.48. The minimum atomic E-state index is -0.425. The zero-order valence-corrected chi connectivity index (χ0v) is 11.9. The molecule has 0 unspecified atom stereocenters. The van der Waals surface area contributed by atoms with E-state index in [2.05, 4.69) is 20.9 Å². The number of hydrogen-bond acceptors (Lipinski definition) is 2. The van der Waals surface area contributed by atoms with Gasteiger partial charge in [0.05, 0.1) is 12.1 Å². The summed E-state index contributed by atoms with van der Waals surface area (Å²) < 4.78 is 19.6. The third-order valence-electron chi connectivity index (χ3n) is 2.38. The Bertz CT molecular complexity index is 577. The molecule has 1 aromatic heterocycles. The summed E-state index contributed by atoms with van der Waals surface area (Å²) in [6.45, 7) is 1.92. The molecule has 0 amide bonds. The van der Waals surface area contributed by atoms with Gasteiger partial charge < -0.3 is 4.74 Å². The quantitative estimate of drug-likeness (QED) is 0.753. The van der Waals surface area contributed by atoms with Crippen molar-refractivity contribution in [3.05, 3.63) is 51.9 Å². The molecule has 0 saturated carbocycles. The fourth-order valence-corrected chi connectivity index (χ4v) is 2.15. The summed E-state index contributed by atoms with van der Waals surface area (Å²) in [7, 11) is 0. The van der Waals surface area contributed by atoms with Crippen molar-refractivity contribution in [2.24, 2.45) is 0 Å². The number of halogens is 3. The van der Waals surface area contributed by atoms with Crippen molar-refractivity contribution in [2.45, 2.75) is 12.8 Å². The molecule has 2 nitrogen and oxygen atoms in total. The van der Waals surface area contributed by atoms with Gasteiger partial charge in [-0.3, -0.25) is 0 Å². The summed E-state index contributed by atoms with van der Waals surface area (Å²) in [4.78, 5) is 3.91. The Morgan fingerprint density at radius 1 is 1.39 bits per heavy atom. The number of ether oxygens (including phenoxy) is 1. The lowest BCUT2D eigenvalue weighted by atomic mass is 10.2. The lowest BCUT2D eigenvalue weighted by molar-refractivity contribution is 0.451. The first-order valence-corrected chi connectivity index (χ1v) is 6.57. The maximum atomic E-state index is 13.0. The van der Waals surface area contributed by atoms with E-state index in [0.29, 0.717) is 17.2 Å². The highest BCUT2D eigenvalue weighted by molar-refractivity contribution is 9.10. The van der Waals surface area contributed by atoms with Gasteiger partial charge in [0.2, 0.25) is 5.88 Å². The SMILES string of the molecule is Cc1cc(Br)ccc1Oc1ncc(F)cc1CCl. The first kappa shape index (κ1) is 13.3. The number of nitrogens with zero attached hydrogens (tertiary/aromatic N) is 1. The third-order valence-corrected chi connectivity index (χ3v) is 3.16. The van der Waals surface area contributed by atoms with Gasteiger partial charge in [0.25, 0.3) is 0 Å². The van der Waals surface area contributed by atoms with Crippen molar-refractivity contribution in [1.29, 1.82) is 0 Å². The van der Waals surface area contributed by atoms with E-state index in [1.807, 2.05) is 25.1 Å². The van der Waals surface area contributed by atoms with E-state index in [1.165, 1.54) is 6.07 Å². The number of aryl methyl sites for hydroxylation is 1. The van der Waals surface area contributed by atoms with E-state index in [1.54, 1.807) is 0 Å². The molecule has 0 spiro atoms. The second-order valence-corrected chi connectivity index (χ2v) is 4.95. The van der Waals surface area contributed by atoms with E-state index >= 15 is 0 Å². The monoisotopic (exact) mass is 329 g/mol. The molecule has 0 radical (unpaired) electrons. The maximum Gasteiger partial charge on any atom is 0.223 e. The number of rotatable bonds is 3. The van der Waals surface area contributed by atoms with Crippen LogP contribution in [0.3, 0.4) is 0 Å². The smallest absolute Gasteiger partial charge is 0.223 e. The van der Waals surface area contributed by atoms with Crippen molar-refractivity contribution in [3.8, 4) is 11.6 Å². The predicted molar refractivity (Wildman–Crippen MR) is 72.7 cm³/mol. The van der Waals surface area contributed by atoms with Crippen LogP contribution in [0.4, 0.5) is 4.39 Å². The van der Waals surface area contributed by atoms with Gasteiger partial charge in [-0.1, -0.05) is 15.9 Å². The number of benzene rings is 1. The molecule has 0 N–H and O–H groups in total. The molecule has 18 heavy (non-hydrogen) atoms. The molecular formula is C13H10BrClFNO. The van der Waals surface area contributed by atoms with E-state index in [9.17, 15) is 4.39 Å². The average molecular weight is 331 g/mol. The van der Waals surface area contributed by atoms with Gasteiger partial charge in [-0.05, 0) is 36.8 Å². The van der Waals surface area contributed by atoms with Crippen LogP contribution < -0.4 is 4.74 Å². The fourth-order valence-electron chi connectivity index (χ4n) is 1.49. The van der Waals surface area contributed by atoms with Crippen LogP contribution in [-0.2, 0) is 5.88 Å². The number of aromatic nitrogens is 1. The Labute approximate surface area is 118 Å². The van der Waals surface area contributed by atoms with Gasteiger partial charge in [0, 0.05) is 10.0 Å². The van der Waals surface area contributed by atoms with Gasteiger partial charge in [0.15, 0.2) is 0 Å². The van der Waals surface area contributed by atoms with Crippen LogP contribution in [0.2, 0.25) is 0 Å². The van der Waals surface area contributed by atoms with E-state index in [4.69, 9.17) is 16.3 Å². The lowest BCUT2D eigenvalue weighted by Crippen LogP contribution is -1.95. The number of pyridine rings is 1. The van der Waals surface area contributed by atoms with Gasteiger partial charge in [-0.25, -0.2) is 9.37 Å². The zero-order valence-electron chi connectivity index (χ0n) is 9.58. The van der Waals surface area contributed by atoms with Crippen LogP contribution in [-0.4, -0.2) is 4.98 Å². The molecule has 0 bridgehead atoms. The highest BCUT2D eigenvalue weighted by Gasteiger charge is 2.09. The molecule has 1 heterocycles. The van der Waals surface area contributed by atoms with Crippen LogP contribution in [0.15, 0.2) is 34.9 Å². The lowest BCUT2D eigenvalue weighted by Gasteiger charge is -2.10. The Morgan fingerprint density at radius 2 is 2.17 bits per heavy atom. The molecule has 0 aliphatic carbocycles. The van der Waals surface area contributed by atoms with Gasteiger partial charge in [0.1, 0.15) is 11.6 Å². The molecule has 2 aromatic rings. The summed E-state index contributed by atoms with van der Waals surface area (Å²) in [5.74, 6) is 0.724. The molecule has 0 aliphatic heterocycles. The Morgan fingerprint density at radius 3 is 2.83 bits per heavy atom. The number of alkyl halides is 1.